The van der Waals surface area contributed by atoms with Crippen LogP contribution >= 0.6 is 15.9 Å². The van der Waals surface area contributed by atoms with E-state index < -0.39 is 0 Å². The number of aromatic amines is 1. The maximum absolute atomic E-state index is 12.8. The van der Waals surface area contributed by atoms with E-state index >= 15 is 0 Å². The number of H-pyrrole nitrogens is 1. The topological polar surface area (TPSA) is 83.5 Å². The molecule has 0 fully saturated rings. The van der Waals surface area contributed by atoms with E-state index in [-0.39, 0.29) is 5.56 Å². The highest BCUT2D eigenvalue weighted by Crippen LogP contribution is 2.31. The molecule has 0 saturated heterocycles. The maximum Gasteiger partial charge on any atom is 0.255 e. The van der Waals surface area contributed by atoms with Crippen LogP contribution in [0, 0.1) is 0 Å². The van der Waals surface area contributed by atoms with Gasteiger partial charge in [-0.3, -0.25) is 19.7 Å². The molecule has 8 heteroatoms. The quantitative estimate of drug-likeness (QED) is 0.561. The number of methoxy groups -OCH3 is 1. The molecule has 2 aliphatic heterocycles. The summed E-state index contributed by atoms with van der Waals surface area (Å²) in [5.74, 6) is 1.45. The zero-order valence-electron chi connectivity index (χ0n) is 18.6. The van der Waals surface area contributed by atoms with Crippen molar-refractivity contribution >= 4 is 21.6 Å². The number of nitrogens with one attached hydrogen (secondary N) is 1. The van der Waals surface area contributed by atoms with Crippen LogP contribution in [0.4, 0.5) is 0 Å². The molecular weight excluding hydrogens is 482 g/mol. The minimum atomic E-state index is -0.0387. The van der Waals surface area contributed by atoms with E-state index in [0.717, 1.165) is 89.3 Å². The van der Waals surface area contributed by atoms with Crippen molar-refractivity contribution in [3.63, 3.8) is 0 Å². The number of fused-ring (bicyclic) bond motifs is 1. The lowest BCUT2D eigenvalue weighted by Crippen LogP contribution is -2.36. The number of aromatic nitrogens is 3. The molecule has 2 aromatic heterocycles. The van der Waals surface area contributed by atoms with Gasteiger partial charge in [0.05, 0.1) is 29.8 Å². The molecule has 0 unspecified atom stereocenters. The average molecular weight is 508 g/mol. The number of hydrogen-bond donors (Lipinski definition) is 1. The highest BCUT2D eigenvalue weighted by molar-refractivity contribution is 9.10. The van der Waals surface area contributed by atoms with Crippen molar-refractivity contribution in [1.82, 2.24) is 19.9 Å². The van der Waals surface area contributed by atoms with E-state index in [1.165, 1.54) is 0 Å². The van der Waals surface area contributed by atoms with Gasteiger partial charge in [0.25, 0.3) is 5.56 Å². The van der Waals surface area contributed by atoms with Crippen molar-refractivity contribution in [1.29, 1.82) is 0 Å². The van der Waals surface area contributed by atoms with E-state index in [1.54, 1.807) is 7.11 Å². The Morgan fingerprint density at radius 1 is 1.18 bits per heavy atom. The Morgan fingerprint density at radius 3 is 2.85 bits per heavy atom. The predicted octanol–water partition coefficient (Wildman–Crippen LogP) is 4.13. The standard InChI is InChI=1S/C25H26BrN5O2/c1-33-23-8-6-17(26)12-18(23)20-7-5-16(13-28-20)14-31-11-9-21-19(15-31)25(32)30-24(29-21)22-4-2-3-10-27-22/h5-8,12-13H,2-4,9-11,14-15H2,1H3,(H,29,30,32). The first-order valence-electron chi connectivity index (χ1n) is 11.3. The molecule has 5 rings (SSSR count). The van der Waals surface area contributed by atoms with Crippen molar-refractivity contribution in [3.8, 4) is 17.0 Å². The molecule has 1 N–H and O–H groups in total. The van der Waals surface area contributed by atoms with Gasteiger partial charge in [-0.25, -0.2) is 4.98 Å². The van der Waals surface area contributed by atoms with Gasteiger partial charge in [0.2, 0.25) is 0 Å². The number of hydrogen-bond acceptors (Lipinski definition) is 6. The van der Waals surface area contributed by atoms with Gasteiger partial charge in [0.1, 0.15) is 5.75 Å². The Morgan fingerprint density at radius 2 is 2.09 bits per heavy atom. The smallest absolute Gasteiger partial charge is 0.255 e. The zero-order valence-corrected chi connectivity index (χ0v) is 20.2. The molecular formula is C25H26BrN5O2. The van der Waals surface area contributed by atoms with Gasteiger partial charge in [-0.1, -0.05) is 22.0 Å². The molecule has 170 valence electrons. The molecule has 0 bridgehead atoms. The Kier molecular flexibility index (Phi) is 6.37. The first-order valence-corrected chi connectivity index (χ1v) is 12.1. The van der Waals surface area contributed by atoms with E-state index in [4.69, 9.17) is 9.72 Å². The van der Waals surface area contributed by atoms with Gasteiger partial charge < -0.3 is 9.72 Å². The van der Waals surface area contributed by atoms with Crippen LogP contribution in [0.25, 0.3) is 11.3 Å². The number of ether oxygens (including phenoxy) is 1. The molecule has 0 spiro atoms. The third-order valence-electron chi connectivity index (χ3n) is 6.21. The zero-order chi connectivity index (χ0) is 22.8. The lowest BCUT2D eigenvalue weighted by Gasteiger charge is -2.27. The third-order valence-corrected chi connectivity index (χ3v) is 6.71. The Balaban J connectivity index is 1.31. The first kappa shape index (κ1) is 22.0. The van der Waals surface area contributed by atoms with Crippen LogP contribution in [0.1, 0.15) is 41.9 Å². The lowest BCUT2D eigenvalue weighted by atomic mass is 10.0. The molecule has 0 radical (unpaired) electrons. The molecule has 4 heterocycles. The molecule has 7 nitrogen and oxygen atoms in total. The highest BCUT2D eigenvalue weighted by Gasteiger charge is 2.23. The molecule has 33 heavy (non-hydrogen) atoms. The fraction of sp³-hybridized carbons (Fsp3) is 0.360. The summed E-state index contributed by atoms with van der Waals surface area (Å²) >= 11 is 3.52. The van der Waals surface area contributed by atoms with Gasteiger partial charge in [0.15, 0.2) is 5.82 Å². The number of rotatable bonds is 5. The van der Waals surface area contributed by atoms with Crippen molar-refractivity contribution in [2.45, 2.75) is 38.8 Å². The first-order chi connectivity index (χ1) is 16.1. The van der Waals surface area contributed by atoms with Crippen molar-refractivity contribution < 1.29 is 4.74 Å². The van der Waals surface area contributed by atoms with E-state index in [1.807, 2.05) is 30.5 Å². The number of halogens is 1. The van der Waals surface area contributed by atoms with Crippen molar-refractivity contribution in [3.05, 3.63) is 74.0 Å². The second kappa shape index (κ2) is 9.57. The van der Waals surface area contributed by atoms with Gasteiger partial charge in [0, 0.05) is 48.8 Å². The lowest BCUT2D eigenvalue weighted by molar-refractivity contribution is 0.241. The van der Waals surface area contributed by atoms with Crippen LogP contribution < -0.4 is 10.3 Å². The van der Waals surface area contributed by atoms with Crippen LogP contribution in [-0.2, 0) is 19.5 Å². The number of pyridine rings is 1. The number of nitrogens with zero attached hydrogens (tertiary/aromatic N) is 4. The van der Waals surface area contributed by atoms with Crippen LogP contribution in [0.2, 0.25) is 0 Å². The molecule has 0 saturated carbocycles. The Bertz CT molecular complexity index is 1250. The van der Waals surface area contributed by atoms with E-state index in [9.17, 15) is 4.79 Å². The second-order valence-electron chi connectivity index (χ2n) is 8.48. The van der Waals surface area contributed by atoms with Crippen LogP contribution in [0.5, 0.6) is 5.75 Å². The number of aliphatic imine (C=N–C) groups is 1. The Labute approximate surface area is 201 Å². The molecule has 0 amide bonds. The fourth-order valence-electron chi connectivity index (χ4n) is 4.46. The Hall–Kier alpha value is -2.84. The van der Waals surface area contributed by atoms with Crippen molar-refractivity contribution in [2.24, 2.45) is 4.99 Å². The summed E-state index contributed by atoms with van der Waals surface area (Å²) in [4.78, 5) is 32.1. The van der Waals surface area contributed by atoms with Crippen molar-refractivity contribution in [2.75, 3.05) is 20.2 Å². The summed E-state index contributed by atoms with van der Waals surface area (Å²) in [5, 5.41) is 0. The summed E-state index contributed by atoms with van der Waals surface area (Å²) < 4.78 is 6.46. The average Bonchev–Trinajstić information content (AvgIpc) is 2.85. The summed E-state index contributed by atoms with van der Waals surface area (Å²) in [5.41, 5.74) is 5.49. The molecule has 2 aliphatic rings. The highest BCUT2D eigenvalue weighted by atomic mass is 79.9. The SMILES string of the molecule is COc1ccc(Br)cc1-c1ccc(CN2CCc3nc(C4=NCCCC4)[nH]c(=O)c3C2)cn1. The third kappa shape index (κ3) is 4.77. The second-order valence-corrected chi connectivity index (χ2v) is 9.40. The van der Waals surface area contributed by atoms with E-state index in [0.29, 0.717) is 12.4 Å². The van der Waals surface area contributed by atoms with E-state index in [2.05, 4.69) is 41.9 Å². The molecule has 0 atom stereocenters. The number of benzene rings is 1. The molecule has 3 aromatic rings. The summed E-state index contributed by atoms with van der Waals surface area (Å²) in [6.07, 6.45) is 5.77. The van der Waals surface area contributed by atoms with Crippen LogP contribution in [0.15, 0.2) is 50.8 Å². The fourth-order valence-corrected chi connectivity index (χ4v) is 4.82. The summed E-state index contributed by atoms with van der Waals surface area (Å²) in [7, 11) is 1.66. The minimum Gasteiger partial charge on any atom is -0.496 e. The van der Waals surface area contributed by atoms with Gasteiger partial charge in [-0.05, 0) is 49.1 Å². The van der Waals surface area contributed by atoms with Gasteiger partial charge >= 0.3 is 0 Å². The predicted molar refractivity (Wildman–Crippen MR) is 132 cm³/mol. The van der Waals surface area contributed by atoms with Gasteiger partial charge in [-0.15, -0.1) is 0 Å². The van der Waals surface area contributed by atoms with Gasteiger partial charge in [-0.2, -0.15) is 0 Å². The molecule has 1 aromatic carbocycles. The normalized spacial score (nSPS) is 16.2. The van der Waals surface area contributed by atoms with Crippen LogP contribution in [-0.4, -0.2) is 45.8 Å². The summed E-state index contributed by atoms with van der Waals surface area (Å²) in [6, 6.07) is 9.99. The summed E-state index contributed by atoms with van der Waals surface area (Å²) in [6.45, 7) is 3.00. The van der Waals surface area contributed by atoms with Crippen LogP contribution in [0.3, 0.4) is 0 Å². The maximum atomic E-state index is 12.8. The minimum absolute atomic E-state index is 0.0387. The largest absolute Gasteiger partial charge is 0.496 e. The molecule has 0 aliphatic carbocycles. The monoisotopic (exact) mass is 507 g/mol.